The van der Waals surface area contributed by atoms with Crippen LogP contribution in [0.4, 0.5) is 5.69 Å². The summed E-state index contributed by atoms with van der Waals surface area (Å²) < 4.78 is 16.2. The average Bonchev–Trinajstić information content (AvgIpc) is 3.09. The lowest BCUT2D eigenvalue weighted by Gasteiger charge is -2.15. The van der Waals surface area contributed by atoms with Crippen LogP contribution in [0.3, 0.4) is 0 Å². The topological polar surface area (TPSA) is 90.0 Å². The fourth-order valence-electron chi connectivity index (χ4n) is 3.70. The Balaban J connectivity index is 1.73. The molecule has 0 spiro atoms. The number of carbonyl (C=O) groups excluding carboxylic acids is 2. The number of methoxy groups -OCH3 is 2. The van der Waals surface area contributed by atoms with Gasteiger partial charge in [0.2, 0.25) is 0 Å². The number of pyridine rings is 1. The van der Waals surface area contributed by atoms with Crippen molar-refractivity contribution in [2.45, 2.75) is 13.5 Å². The molecule has 2 amide bonds. The van der Waals surface area contributed by atoms with Gasteiger partial charge < -0.3 is 19.5 Å². The quantitative estimate of drug-likeness (QED) is 0.486. The predicted molar refractivity (Wildman–Crippen MR) is 127 cm³/mol. The predicted octanol–water partition coefficient (Wildman–Crippen LogP) is 3.89. The number of hydrogen-bond acceptors (Lipinski definition) is 7. The normalized spacial score (nSPS) is 13.3. The first kappa shape index (κ1) is 22.8. The number of nitrogens with zero attached hydrogens (tertiary/aromatic N) is 2. The van der Waals surface area contributed by atoms with E-state index in [2.05, 4.69) is 10.3 Å². The molecule has 0 aliphatic carbocycles. The summed E-state index contributed by atoms with van der Waals surface area (Å²) in [5, 5.41) is 3.13. The van der Waals surface area contributed by atoms with Crippen LogP contribution in [0.2, 0.25) is 0 Å². The van der Waals surface area contributed by atoms with Crippen LogP contribution in [0, 0.1) is 0 Å². The van der Waals surface area contributed by atoms with Gasteiger partial charge in [-0.1, -0.05) is 18.2 Å². The summed E-state index contributed by atoms with van der Waals surface area (Å²) in [5.74, 6) is 0.901. The van der Waals surface area contributed by atoms with Crippen LogP contribution in [0.25, 0.3) is 5.57 Å². The van der Waals surface area contributed by atoms with Crippen molar-refractivity contribution in [1.29, 1.82) is 0 Å². The van der Waals surface area contributed by atoms with Crippen molar-refractivity contribution in [3.8, 4) is 17.2 Å². The molecule has 174 valence electrons. The molecule has 2 aromatic carbocycles. The molecule has 8 nitrogen and oxygen atoms in total. The molecule has 0 saturated heterocycles. The van der Waals surface area contributed by atoms with Crippen molar-refractivity contribution in [2.24, 2.45) is 0 Å². The Morgan fingerprint density at radius 3 is 2.32 bits per heavy atom. The molecular weight excluding hydrogens is 434 g/mol. The Hall–Kier alpha value is -4.33. The Morgan fingerprint density at radius 1 is 0.912 bits per heavy atom. The van der Waals surface area contributed by atoms with Gasteiger partial charge in [0.1, 0.15) is 11.4 Å². The van der Waals surface area contributed by atoms with Crippen molar-refractivity contribution in [1.82, 2.24) is 9.88 Å². The Morgan fingerprint density at radius 2 is 1.68 bits per heavy atom. The van der Waals surface area contributed by atoms with Crippen LogP contribution in [0.5, 0.6) is 17.2 Å². The molecule has 3 aromatic rings. The number of hydrogen-bond donors (Lipinski definition) is 1. The maximum Gasteiger partial charge on any atom is 0.278 e. The van der Waals surface area contributed by atoms with E-state index >= 15 is 0 Å². The van der Waals surface area contributed by atoms with E-state index < -0.39 is 11.8 Å². The fourth-order valence-corrected chi connectivity index (χ4v) is 3.70. The van der Waals surface area contributed by atoms with Crippen LogP contribution in [-0.2, 0) is 16.1 Å². The Bertz CT molecular complexity index is 1220. The molecule has 1 N–H and O–H groups in total. The number of carbonyl (C=O) groups is 2. The zero-order valence-electron chi connectivity index (χ0n) is 19.2. The number of imide groups is 1. The zero-order chi connectivity index (χ0) is 24.1. The number of benzene rings is 2. The summed E-state index contributed by atoms with van der Waals surface area (Å²) in [7, 11) is 3.08. The maximum atomic E-state index is 13.5. The smallest absolute Gasteiger partial charge is 0.278 e. The highest BCUT2D eigenvalue weighted by Crippen LogP contribution is 2.35. The first-order valence-electron chi connectivity index (χ1n) is 10.8. The first-order chi connectivity index (χ1) is 16.5. The molecule has 0 fully saturated rings. The van der Waals surface area contributed by atoms with Gasteiger partial charge in [-0.15, -0.1) is 0 Å². The van der Waals surface area contributed by atoms with Gasteiger partial charge in [-0.2, -0.15) is 0 Å². The molecule has 0 unspecified atom stereocenters. The largest absolute Gasteiger partial charge is 0.494 e. The van der Waals surface area contributed by atoms with E-state index in [4.69, 9.17) is 14.2 Å². The van der Waals surface area contributed by atoms with E-state index in [1.807, 2.05) is 13.0 Å². The van der Waals surface area contributed by atoms with E-state index in [0.29, 0.717) is 40.8 Å². The van der Waals surface area contributed by atoms with Gasteiger partial charge in [-0.3, -0.25) is 19.5 Å². The number of rotatable bonds is 9. The number of nitrogens with one attached hydrogen (secondary N) is 1. The lowest BCUT2D eigenvalue weighted by molar-refractivity contribution is -0.137. The third-order valence-corrected chi connectivity index (χ3v) is 5.32. The maximum absolute atomic E-state index is 13.5. The molecule has 2 heterocycles. The SMILES string of the molecule is CCOc1ccc(C2=C(Nc3ccc(OC)c(OC)c3)C(=O)N(Cc3ccccn3)C2=O)cc1. The number of amides is 2. The standard InChI is InChI=1S/C26H25N3O5/c1-4-34-20-11-8-17(9-12-20)23-24(28-18-10-13-21(32-2)22(15-18)33-3)26(31)29(25(23)30)16-19-7-5-6-14-27-19/h5-15,28H,4,16H2,1-3H3. The zero-order valence-corrected chi connectivity index (χ0v) is 19.2. The molecule has 34 heavy (non-hydrogen) atoms. The van der Waals surface area contributed by atoms with E-state index in [-0.39, 0.29) is 17.8 Å². The van der Waals surface area contributed by atoms with Crippen molar-refractivity contribution in [3.05, 3.63) is 83.8 Å². The summed E-state index contributed by atoms with van der Waals surface area (Å²) in [6, 6.07) is 17.7. The molecule has 0 radical (unpaired) electrons. The minimum atomic E-state index is -0.436. The van der Waals surface area contributed by atoms with Crippen LogP contribution < -0.4 is 19.5 Å². The summed E-state index contributed by atoms with van der Waals surface area (Å²) >= 11 is 0. The monoisotopic (exact) mass is 459 g/mol. The second-order valence-electron chi connectivity index (χ2n) is 7.42. The molecule has 1 aromatic heterocycles. The summed E-state index contributed by atoms with van der Waals surface area (Å²) in [6.07, 6.45) is 1.63. The van der Waals surface area contributed by atoms with Crippen molar-refractivity contribution in [3.63, 3.8) is 0 Å². The van der Waals surface area contributed by atoms with E-state index in [9.17, 15) is 9.59 Å². The minimum Gasteiger partial charge on any atom is -0.494 e. The average molecular weight is 460 g/mol. The molecular formula is C26H25N3O5. The van der Waals surface area contributed by atoms with E-state index in [1.54, 1.807) is 67.9 Å². The fraction of sp³-hybridized carbons (Fsp3) is 0.192. The molecule has 0 bridgehead atoms. The molecule has 1 aliphatic rings. The summed E-state index contributed by atoms with van der Waals surface area (Å²) in [5.41, 5.74) is 2.25. The molecule has 8 heteroatoms. The second kappa shape index (κ2) is 10.1. The van der Waals surface area contributed by atoms with E-state index in [1.165, 1.54) is 12.0 Å². The highest BCUT2D eigenvalue weighted by Gasteiger charge is 2.39. The van der Waals surface area contributed by atoms with Crippen molar-refractivity contribution < 1.29 is 23.8 Å². The van der Waals surface area contributed by atoms with Gasteiger partial charge in [-0.25, -0.2) is 0 Å². The second-order valence-corrected chi connectivity index (χ2v) is 7.42. The van der Waals surface area contributed by atoms with Crippen LogP contribution in [0.1, 0.15) is 18.2 Å². The van der Waals surface area contributed by atoms with Gasteiger partial charge in [0.05, 0.1) is 38.6 Å². The van der Waals surface area contributed by atoms with E-state index in [0.717, 1.165) is 0 Å². The van der Waals surface area contributed by atoms with Crippen LogP contribution in [0.15, 0.2) is 72.6 Å². The minimum absolute atomic E-state index is 0.0656. The van der Waals surface area contributed by atoms with Crippen LogP contribution in [-0.4, -0.2) is 42.5 Å². The first-order valence-corrected chi connectivity index (χ1v) is 10.8. The lowest BCUT2D eigenvalue weighted by Crippen LogP contribution is -2.32. The van der Waals surface area contributed by atoms with Gasteiger partial charge >= 0.3 is 0 Å². The van der Waals surface area contributed by atoms with Crippen molar-refractivity contribution in [2.75, 3.05) is 26.1 Å². The van der Waals surface area contributed by atoms with Gasteiger partial charge in [0.25, 0.3) is 11.8 Å². The molecule has 4 rings (SSSR count). The lowest BCUT2D eigenvalue weighted by atomic mass is 10.0. The van der Waals surface area contributed by atoms with Gasteiger partial charge in [0.15, 0.2) is 11.5 Å². The molecule has 1 aliphatic heterocycles. The molecule has 0 saturated carbocycles. The van der Waals surface area contributed by atoms with Gasteiger partial charge in [0, 0.05) is 18.0 Å². The number of ether oxygens (including phenoxy) is 3. The number of aromatic nitrogens is 1. The third kappa shape index (κ3) is 4.56. The van der Waals surface area contributed by atoms with Crippen molar-refractivity contribution >= 4 is 23.1 Å². The number of anilines is 1. The van der Waals surface area contributed by atoms with Crippen LogP contribution >= 0.6 is 0 Å². The summed E-state index contributed by atoms with van der Waals surface area (Å²) in [6.45, 7) is 2.50. The highest BCUT2D eigenvalue weighted by atomic mass is 16.5. The highest BCUT2D eigenvalue weighted by molar-refractivity contribution is 6.36. The third-order valence-electron chi connectivity index (χ3n) is 5.32. The molecule has 0 atom stereocenters. The summed E-state index contributed by atoms with van der Waals surface area (Å²) in [4.78, 5) is 32.3. The Labute approximate surface area is 197 Å². The van der Waals surface area contributed by atoms with Gasteiger partial charge in [-0.05, 0) is 48.9 Å². The Kier molecular flexibility index (Phi) is 6.77.